The van der Waals surface area contributed by atoms with Crippen LogP contribution >= 0.6 is 35.0 Å². The topological polar surface area (TPSA) is 79.4 Å². The van der Waals surface area contributed by atoms with Crippen LogP contribution in [0.1, 0.15) is 21.7 Å². The first-order valence-corrected chi connectivity index (χ1v) is 9.85. The number of thioether (sulfide) groups is 1. The number of aryl methyl sites for hydroxylation is 1. The lowest BCUT2D eigenvalue weighted by Crippen LogP contribution is -2.37. The highest BCUT2D eigenvalue weighted by molar-refractivity contribution is 8.18. The van der Waals surface area contributed by atoms with E-state index in [1.807, 2.05) is 0 Å². The van der Waals surface area contributed by atoms with Crippen molar-refractivity contribution in [3.63, 3.8) is 0 Å². The predicted molar refractivity (Wildman–Crippen MR) is 110 cm³/mol. The SMILES string of the molecule is Cc1cccc(C(=O)NCCN2C(=O)S/C(=C\c3cccc(Cl)c3Cl)C2=O)n1. The summed E-state index contributed by atoms with van der Waals surface area (Å²) in [4.78, 5) is 42.3. The Labute approximate surface area is 175 Å². The van der Waals surface area contributed by atoms with Gasteiger partial charge in [-0.25, -0.2) is 4.98 Å². The van der Waals surface area contributed by atoms with Crippen LogP contribution in [0.2, 0.25) is 10.0 Å². The summed E-state index contributed by atoms with van der Waals surface area (Å²) in [6.45, 7) is 1.97. The summed E-state index contributed by atoms with van der Waals surface area (Å²) >= 11 is 12.9. The number of nitrogens with zero attached hydrogens (tertiary/aromatic N) is 2. The molecule has 1 aliphatic rings. The number of carbonyl (C=O) groups excluding carboxylic acids is 3. The molecule has 3 rings (SSSR count). The van der Waals surface area contributed by atoms with E-state index in [1.54, 1.807) is 43.3 Å². The normalized spacial score (nSPS) is 15.4. The summed E-state index contributed by atoms with van der Waals surface area (Å²) < 4.78 is 0. The molecule has 0 aliphatic carbocycles. The van der Waals surface area contributed by atoms with E-state index in [4.69, 9.17) is 23.2 Å². The number of amides is 3. The summed E-state index contributed by atoms with van der Waals surface area (Å²) in [5.41, 5.74) is 1.56. The predicted octanol–water partition coefficient (Wildman–Crippen LogP) is 4.16. The van der Waals surface area contributed by atoms with Gasteiger partial charge in [0.2, 0.25) is 0 Å². The van der Waals surface area contributed by atoms with Gasteiger partial charge in [-0.1, -0.05) is 41.4 Å². The second-order valence-corrected chi connectivity index (χ2v) is 7.67. The minimum atomic E-state index is -0.436. The van der Waals surface area contributed by atoms with E-state index >= 15 is 0 Å². The minimum Gasteiger partial charge on any atom is -0.349 e. The Bertz CT molecular complexity index is 994. The van der Waals surface area contributed by atoms with Crippen molar-refractivity contribution in [2.24, 2.45) is 0 Å². The van der Waals surface area contributed by atoms with Crippen molar-refractivity contribution >= 4 is 58.1 Å². The fourth-order valence-electron chi connectivity index (χ4n) is 2.51. The van der Waals surface area contributed by atoms with Crippen molar-refractivity contribution in [3.8, 4) is 0 Å². The Morgan fingerprint density at radius 3 is 2.71 bits per heavy atom. The van der Waals surface area contributed by atoms with Crippen molar-refractivity contribution in [3.05, 3.63) is 68.3 Å². The van der Waals surface area contributed by atoms with E-state index in [0.717, 1.165) is 22.4 Å². The van der Waals surface area contributed by atoms with Crippen LogP contribution in [0.4, 0.5) is 4.79 Å². The average molecular weight is 436 g/mol. The van der Waals surface area contributed by atoms with Gasteiger partial charge in [-0.2, -0.15) is 0 Å². The average Bonchev–Trinajstić information content (AvgIpc) is 2.92. The molecule has 0 bridgehead atoms. The maximum Gasteiger partial charge on any atom is 0.293 e. The number of benzene rings is 1. The molecule has 2 heterocycles. The highest BCUT2D eigenvalue weighted by Gasteiger charge is 2.34. The van der Waals surface area contributed by atoms with Crippen molar-refractivity contribution in [2.45, 2.75) is 6.92 Å². The van der Waals surface area contributed by atoms with Crippen LogP contribution < -0.4 is 5.32 Å². The minimum absolute atomic E-state index is 0.0584. The second kappa shape index (κ2) is 8.77. The Morgan fingerprint density at radius 1 is 1.21 bits per heavy atom. The van der Waals surface area contributed by atoms with Gasteiger partial charge in [0.15, 0.2) is 0 Å². The molecule has 1 N–H and O–H groups in total. The van der Waals surface area contributed by atoms with E-state index < -0.39 is 11.1 Å². The van der Waals surface area contributed by atoms with Crippen LogP contribution in [-0.4, -0.2) is 40.0 Å². The molecule has 0 saturated carbocycles. The van der Waals surface area contributed by atoms with E-state index in [2.05, 4.69) is 10.3 Å². The first kappa shape index (κ1) is 20.4. The Balaban J connectivity index is 1.63. The summed E-state index contributed by atoms with van der Waals surface area (Å²) in [7, 11) is 0. The standard InChI is InChI=1S/C19H15Cl2N3O3S/c1-11-4-2-7-14(23-11)17(25)22-8-9-24-18(26)15(28-19(24)27)10-12-5-3-6-13(20)16(12)21/h2-7,10H,8-9H2,1H3,(H,22,25)/b15-10-. The second-order valence-electron chi connectivity index (χ2n) is 5.90. The fraction of sp³-hybridized carbons (Fsp3) is 0.158. The Kier molecular flexibility index (Phi) is 6.39. The molecule has 1 aromatic carbocycles. The highest BCUT2D eigenvalue weighted by atomic mass is 35.5. The number of pyridine rings is 1. The molecule has 0 radical (unpaired) electrons. The molecule has 9 heteroatoms. The van der Waals surface area contributed by atoms with Crippen LogP contribution in [0.5, 0.6) is 0 Å². The largest absolute Gasteiger partial charge is 0.349 e. The highest BCUT2D eigenvalue weighted by Crippen LogP contribution is 2.34. The number of hydrogen-bond donors (Lipinski definition) is 1. The van der Waals surface area contributed by atoms with Gasteiger partial charge < -0.3 is 5.32 Å². The quantitative estimate of drug-likeness (QED) is 0.712. The number of rotatable bonds is 5. The third-order valence-electron chi connectivity index (χ3n) is 3.88. The van der Waals surface area contributed by atoms with Gasteiger partial charge >= 0.3 is 0 Å². The van der Waals surface area contributed by atoms with Gasteiger partial charge in [0.1, 0.15) is 5.69 Å². The number of aromatic nitrogens is 1. The number of imide groups is 1. The third-order valence-corrected chi connectivity index (χ3v) is 5.62. The molecule has 0 spiro atoms. The molecule has 0 unspecified atom stereocenters. The summed E-state index contributed by atoms with van der Waals surface area (Å²) in [6, 6.07) is 10.2. The molecule has 6 nitrogen and oxygen atoms in total. The first-order valence-electron chi connectivity index (χ1n) is 8.28. The zero-order valence-electron chi connectivity index (χ0n) is 14.7. The molecule has 0 atom stereocenters. The van der Waals surface area contributed by atoms with Crippen molar-refractivity contribution in [2.75, 3.05) is 13.1 Å². The van der Waals surface area contributed by atoms with Crippen molar-refractivity contribution in [1.29, 1.82) is 0 Å². The van der Waals surface area contributed by atoms with E-state index in [9.17, 15) is 14.4 Å². The zero-order valence-corrected chi connectivity index (χ0v) is 17.1. The van der Waals surface area contributed by atoms with Gasteiger partial charge in [-0.05, 0) is 48.5 Å². The molecule has 1 aromatic heterocycles. The molecule has 2 aromatic rings. The molecule has 144 valence electrons. The molecular formula is C19H15Cl2N3O3S. The van der Waals surface area contributed by atoms with Gasteiger partial charge in [-0.3, -0.25) is 19.3 Å². The molecule has 28 heavy (non-hydrogen) atoms. The van der Waals surface area contributed by atoms with E-state index in [-0.39, 0.29) is 29.6 Å². The molecule has 1 aliphatic heterocycles. The van der Waals surface area contributed by atoms with Crippen LogP contribution in [0.25, 0.3) is 6.08 Å². The summed E-state index contributed by atoms with van der Waals surface area (Å²) in [5, 5.41) is 2.93. The maximum absolute atomic E-state index is 12.5. The third kappa shape index (κ3) is 4.55. The van der Waals surface area contributed by atoms with Gasteiger partial charge in [0.25, 0.3) is 17.1 Å². The van der Waals surface area contributed by atoms with Gasteiger partial charge in [-0.15, -0.1) is 0 Å². The van der Waals surface area contributed by atoms with E-state index in [1.165, 1.54) is 6.08 Å². The van der Waals surface area contributed by atoms with Crippen LogP contribution in [0.3, 0.4) is 0 Å². The number of carbonyl (C=O) groups is 3. The first-order chi connectivity index (χ1) is 13.4. The number of nitrogens with one attached hydrogen (secondary N) is 1. The Hall–Kier alpha value is -2.35. The molecule has 3 amide bonds. The molecular weight excluding hydrogens is 421 g/mol. The van der Waals surface area contributed by atoms with E-state index in [0.29, 0.717) is 15.6 Å². The number of hydrogen-bond acceptors (Lipinski definition) is 5. The smallest absolute Gasteiger partial charge is 0.293 e. The van der Waals surface area contributed by atoms with Crippen molar-refractivity contribution in [1.82, 2.24) is 15.2 Å². The zero-order chi connectivity index (χ0) is 20.3. The number of halogens is 2. The monoisotopic (exact) mass is 435 g/mol. The van der Waals surface area contributed by atoms with Crippen LogP contribution in [0.15, 0.2) is 41.3 Å². The Morgan fingerprint density at radius 2 is 1.96 bits per heavy atom. The van der Waals surface area contributed by atoms with Crippen molar-refractivity contribution < 1.29 is 14.4 Å². The lowest BCUT2D eigenvalue weighted by atomic mass is 10.2. The summed E-state index contributed by atoms with van der Waals surface area (Å²) in [5.74, 6) is -0.800. The fourth-order valence-corrected chi connectivity index (χ4v) is 3.73. The van der Waals surface area contributed by atoms with Gasteiger partial charge in [0, 0.05) is 18.8 Å². The maximum atomic E-state index is 12.5. The molecule has 1 fully saturated rings. The summed E-state index contributed by atoms with van der Waals surface area (Å²) in [6.07, 6.45) is 1.54. The van der Waals surface area contributed by atoms with Crippen LogP contribution in [0, 0.1) is 6.92 Å². The van der Waals surface area contributed by atoms with Gasteiger partial charge in [0.05, 0.1) is 15.0 Å². The lowest BCUT2D eigenvalue weighted by molar-refractivity contribution is -0.122. The molecule has 1 saturated heterocycles. The lowest BCUT2D eigenvalue weighted by Gasteiger charge is -2.13. The van der Waals surface area contributed by atoms with Crippen LogP contribution in [-0.2, 0) is 4.79 Å².